The zero-order valence-corrected chi connectivity index (χ0v) is 19.3. The van der Waals surface area contributed by atoms with Gasteiger partial charge < -0.3 is 14.8 Å². The fraction of sp³-hybridized carbons (Fsp3) is 0.167. The zero-order chi connectivity index (χ0) is 23.7. The summed E-state index contributed by atoms with van der Waals surface area (Å²) in [6.07, 6.45) is 1.45. The van der Waals surface area contributed by atoms with E-state index in [0.717, 1.165) is 31.8 Å². The number of rotatable bonds is 7. The maximum absolute atomic E-state index is 12.9. The normalized spacial score (nSPS) is 11.1. The Balaban J connectivity index is 1.46. The van der Waals surface area contributed by atoms with E-state index in [-0.39, 0.29) is 12.5 Å². The van der Waals surface area contributed by atoms with Crippen molar-refractivity contribution in [3.63, 3.8) is 0 Å². The van der Waals surface area contributed by atoms with Gasteiger partial charge in [-0.25, -0.2) is 18.9 Å². The van der Waals surface area contributed by atoms with E-state index < -0.39 is 5.69 Å². The molecule has 0 aliphatic heterocycles. The summed E-state index contributed by atoms with van der Waals surface area (Å²) in [6.45, 7) is 2.11. The molecule has 0 spiro atoms. The number of nitrogens with one attached hydrogen (secondary N) is 1. The number of hydrogen-bond acceptors (Lipinski definition) is 7. The van der Waals surface area contributed by atoms with Crippen LogP contribution in [-0.4, -0.2) is 38.8 Å². The van der Waals surface area contributed by atoms with Gasteiger partial charge in [0, 0.05) is 10.9 Å². The quantitative estimate of drug-likeness (QED) is 0.384. The van der Waals surface area contributed by atoms with Gasteiger partial charge in [-0.15, -0.1) is 16.4 Å². The van der Waals surface area contributed by atoms with Crippen LogP contribution in [0.25, 0.3) is 27.0 Å². The summed E-state index contributed by atoms with van der Waals surface area (Å²) in [4.78, 5) is 30.1. The molecule has 9 nitrogen and oxygen atoms in total. The Kier molecular flexibility index (Phi) is 5.72. The molecule has 0 bridgehead atoms. The average Bonchev–Trinajstić information content (AvgIpc) is 3.42. The lowest BCUT2D eigenvalue weighted by atomic mass is 10.1. The van der Waals surface area contributed by atoms with Gasteiger partial charge in [0.15, 0.2) is 5.65 Å². The van der Waals surface area contributed by atoms with Crippen molar-refractivity contribution in [3.05, 3.63) is 70.7 Å². The Morgan fingerprint density at radius 1 is 1.15 bits per heavy atom. The van der Waals surface area contributed by atoms with Gasteiger partial charge in [-0.3, -0.25) is 4.79 Å². The largest absolute Gasteiger partial charge is 0.497 e. The Bertz CT molecular complexity index is 1550. The molecule has 1 N–H and O–H groups in total. The molecule has 5 rings (SSSR count). The van der Waals surface area contributed by atoms with Crippen molar-refractivity contribution in [1.29, 1.82) is 0 Å². The van der Waals surface area contributed by atoms with Crippen LogP contribution in [0.15, 0.2) is 65.0 Å². The summed E-state index contributed by atoms with van der Waals surface area (Å²) in [7, 11) is 1.62. The summed E-state index contributed by atoms with van der Waals surface area (Å²) in [5.41, 5.74) is 3.24. The number of carbonyl (C=O) groups excluding carboxylic acids is 1. The molecular formula is C24H21N5O4S. The van der Waals surface area contributed by atoms with Gasteiger partial charge in [0.05, 0.1) is 29.6 Å². The number of thiophene rings is 1. The van der Waals surface area contributed by atoms with Crippen molar-refractivity contribution in [3.8, 4) is 22.6 Å². The summed E-state index contributed by atoms with van der Waals surface area (Å²) in [6, 6.07) is 14.8. The van der Waals surface area contributed by atoms with Gasteiger partial charge >= 0.3 is 5.69 Å². The highest BCUT2D eigenvalue weighted by atomic mass is 32.1. The van der Waals surface area contributed by atoms with E-state index in [1.165, 1.54) is 22.1 Å². The second-order valence-electron chi connectivity index (χ2n) is 7.41. The topological polar surface area (TPSA) is 99.8 Å². The van der Waals surface area contributed by atoms with Crippen molar-refractivity contribution in [1.82, 2.24) is 19.2 Å². The monoisotopic (exact) mass is 475 g/mol. The second-order valence-corrected chi connectivity index (χ2v) is 8.29. The molecule has 3 aromatic heterocycles. The van der Waals surface area contributed by atoms with Gasteiger partial charge in [0.1, 0.15) is 24.4 Å². The van der Waals surface area contributed by atoms with Crippen molar-refractivity contribution in [2.24, 2.45) is 0 Å². The minimum atomic E-state index is -0.433. The smallest absolute Gasteiger partial charge is 0.352 e. The number of methoxy groups -OCH3 is 1. The fourth-order valence-corrected chi connectivity index (χ4v) is 4.69. The number of para-hydroxylation sites is 2. The van der Waals surface area contributed by atoms with Crippen LogP contribution in [0.3, 0.4) is 0 Å². The third-order valence-electron chi connectivity index (χ3n) is 5.30. The van der Waals surface area contributed by atoms with Gasteiger partial charge in [0.2, 0.25) is 5.91 Å². The molecule has 0 saturated carbocycles. The maximum Gasteiger partial charge on any atom is 0.352 e. The van der Waals surface area contributed by atoms with Crippen molar-refractivity contribution >= 4 is 38.8 Å². The third-order valence-corrected chi connectivity index (χ3v) is 6.26. The van der Waals surface area contributed by atoms with Gasteiger partial charge in [-0.05, 0) is 36.8 Å². The number of carbonyl (C=O) groups is 1. The average molecular weight is 476 g/mol. The summed E-state index contributed by atoms with van der Waals surface area (Å²) in [5.74, 6) is 0.953. The molecule has 0 aliphatic rings. The molecule has 3 heterocycles. The number of amides is 1. The number of nitrogens with zero attached hydrogens (tertiary/aromatic N) is 4. The highest BCUT2D eigenvalue weighted by Crippen LogP contribution is 2.34. The van der Waals surface area contributed by atoms with Crippen molar-refractivity contribution in [2.75, 3.05) is 19.0 Å². The minimum absolute atomic E-state index is 0.237. The number of benzene rings is 2. The number of anilines is 1. The van der Waals surface area contributed by atoms with E-state index >= 15 is 0 Å². The minimum Gasteiger partial charge on any atom is -0.497 e. The van der Waals surface area contributed by atoms with Crippen LogP contribution in [0.1, 0.15) is 6.92 Å². The molecule has 0 atom stereocenters. The Labute approximate surface area is 198 Å². The first kappa shape index (κ1) is 21.7. The molecule has 34 heavy (non-hydrogen) atoms. The molecule has 0 aliphatic carbocycles. The van der Waals surface area contributed by atoms with Gasteiger partial charge in [-0.2, -0.15) is 0 Å². The van der Waals surface area contributed by atoms with Gasteiger partial charge in [-0.1, -0.05) is 24.3 Å². The van der Waals surface area contributed by atoms with Gasteiger partial charge in [0.25, 0.3) is 0 Å². The van der Waals surface area contributed by atoms with E-state index in [1.807, 2.05) is 42.6 Å². The first-order valence-electron chi connectivity index (χ1n) is 10.6. The molecular weight excluding hydrogens is 454 g/mol. The van der Waals surface area contributed by atoms with Crippen LogP contribution in [-0.2, 0) is 11.3 Å². The fourth-order valence-electron chi connectivity index (χ4n) is 3.69. The molecule has 1 amide bonds. The van der Waals surface area contributed by atoms with E-state index in [1.54, 1.807) is 25.3 Å². The SMILES string of the molecule is CCOc1ccccc1NC(=O)Cn1nc2c3scc(-c4ccc(OC)cc4)c3ncn2c1=O. The number of hydrogen-bond donors (Lipinski definition) is 1. The highest BCUT2D eigenvalue weighted by Gasteiger charge is 2.18. The number of aromatic nitrogens is 4. The first-order chi connectivity index (χ1) is 16.6. The first-order valence-corrected chi connectivity index (χ1v) is 11.5. The maximum atomic E-state index is 12.9. The lowest BCUT2D eigenvalue weighted by Crippen LogP contribution is -2.28. The van der Waals surface area contributed by atoms with E-state index in [2.05, 4.69) is 15.4 Å². The van der Waals surface area contributed by atoms with Crippen molar-refractivity contribution in [2.45, 2.75) is 13.5 Å². The van der Waals surface area contributed by atoms with Crippen LogP contribution < -0.4 is 20.5 Å². The predicted molar refractivity (Wildman–Crippen MR) is 131 cm³/mol. The molecule has 172 valence electrons. The molecule has 10 heteroatoms. The number of fused-ring (bicyclic) bond motifs is 3. The molecule has 0 fully saturated rings. The Morgan fingerprint density at radius 3 is 2.71 bits per heavy atom. The highest BCUT2D eigenvalue weighted by molar-refractivity contribution is 7.18. The third kappa shape index (κ3) is 3.88. The zero-order valence-electron chi connectivity index (χ0n) is 18.5. The van der Waals surface area contributed by atoms with Crippen LogP contribution >= 0.6 is 11.3 Å². The molecule has 0 radical (unpaired) electrons. The van der Waals surface area contributed by atoms with Crippen molar-refractivity contribution < 1.29 is 14.3 Å². The number of ether oxygens (including phenoxy) is 2. The van der Waals surface area contributed by atoms with E-state index in [0.29, 0.717) is 23.7 Å². The van der Waals surface area contributed by atoms with Crippen LogP contribution in [0, 0.1) is 0 Å². The lowest BCUT2D eigenvalue weighted by molar-refractivity contribution is -0.117. The summed E-state index contributed by atoms with van der Waals surface area (Å²) >= 11 is 1.45. The molecule has 5 aromatic rings. The molecule has 0 unspecified atom stereocenters. The lowest BCUT2D eigenvalue weighted by Gasteiger charge is -2.10. The molecule has 0 saturated heterocycles. The second kappa shape index (κ2) is 8.99. The van der Waals surface area contributed by atoms with E-state index in [4.69, 9.17) is 9.47 Å². The standard InChI is InChI=1S/C24H21N5O4S/c1-3-33-19-7-5-4-6-18(19)26-20(30)12-29-24(31)28-14-25-21-17(13-34-22(21)23(28)27-29)15-8-10-16(32-2)11-9-15/h4-11,13-14H,3,12H2,1-2H3,(H,26,30). The predicted octanol–water partition coefficient (Wildman–Crippen LogP) is 3.82. The summed E-state index contributed by atoms with van der Waals surface area (Å²) in [5, 5.41) is 9.22. The summed E-state index contributed by atoms with van der Waals surface area (Å²) < 4.78 is 14.0. The van der Waals surface area contributed by atoms with Crippen LogP contribution in [0.5, 0.6) is 11.5 Å². The van der Waals surface area contributed by atoms with Crippen LogP contribution in [0.2, 0.25) is 0 Å². The van der Waals surface area contributed by atoms with E-state index in [9.17, 15) is 9.59 Å². The van der Waals surface area contributed by atoms with Crippen LogP contribution in [0.4, 0.5) is 5.69 Å². The Hall–Kier alpha value is -4.18. The Morgan fingerprint density at radius 2 is 1.94 bits per heavy atom. The molecule has 2 aromatic carbocycles.